The molecule has 0 bridgehead atoms. The Balaban J connectivity index is 3.06. The first-order valence-electron chi connectivity index (χ1n) is 7.29. The van der Waals surface area contributed by atoms with E-state index in [1.54, 1.807) is 13.0 Å². The minimum absolute atomic E-state index is 0.152. The normalized spacial score (nSPS) is 10.2. The number of nitrogens with zero attached hydrogens (tertiary/aromatic N) is 2. The molecule has 2 N–H and O–H groups in total. The number of rotatable bonds is 9. The zero-order valence-electron chi connectivity index (χ0n) is 13.6. The monoisotopic (exact) mass is 352 g/mol. The van der Waals surface area contributed by atoms with Gasteiger partial charge >= 0.3 is 5.69 Å². The van der Waals surface area contributed by atoms with E-state index in [4.69, 9.17) is 21.7 Å². The number of nitro groups is 1. The molecule has 8 nitrogen and oxygen atoms in total. The predicted octanol–water partition coefficient (Wildman–Crippen LogP) is 2.38. The summed E-state index contributed by atoms with van der Waals surface area (Å²) in [6.07, 6.45) is 3.05. The van der Waals surface area contributed by atoms with Gasteiger partial charge in [-0.3, -0.25) is 15.5 Å². The fraction of sp³-hybridized carbons (Fsp3) is 0.333. The Labute approximate surface area is 145 Å². The lowest BCUT2D eigenvalue weighted by atomic mass is 10.1. The van der Waals surface area contributed by atoms with Crippen LogP contribution in [-0.4, -0.2) is 36.0 Å². The van der Waals surface area contributed by atoms with Crippen molar-refractivity contribution in [2.45, 2.75) is 13.8 Å². The topological polar surface area (TPSA) is 98.0 Å². The van der Waals surface area contributed by atoms with Crippen LogP contribution < -0.4 is 20.2 Å². The van der Waals surface area contributed by atoms with E-state index in [-0.39, 0.29) is 11.4 Å². The number of nitrogens with one attached hydrogen (secondary N) is 2. The van der Waals surface area contributed by atoms with Gasteiger partial charge in [0, 0.05) is 24.2 Å². The molecular weight excluding hydrogens is 332 g/mol. The zero-order chi connectivity index (χ0) is 17.9. The van der Waals surface area contributed by atoms with Crippen molar-refractivity contribution in [1.29, 1.82) is 0 Å². The average Bonchev–Trinajstić information content (AvgIpc) is 2.55. The Morgan fingerprint density at radius 3 is 2.62 bits per heavy atom. The highest BCUT2D eigenvalue weighted by atomic mass is 32.1. The zero-order valence-corrected chi connectivity index (χ0v) is 14.4. The molecule has 1 aromatic carbocycles. The molecular formula is C15H20N4O4S. The van der Waals surface area contributed by atoms with Crippen molar-refractivity contribution in [3.8, 4) is 11.5 Å². The van der Waals surface area contributed by atoms with Crippen LogP contribution >= 0.6 is 12.2 Å². The second-order valence-electron chi connectivity index (χ2n) is 4.35. The van der Waals surface area contributed by atoms with Gasteiger partial charge in [-0.25, -0.2) is 0 Å². The third kappa shape index (κ3) is 5.84. The van der Waals surface area contributed by atoms with Crippen molar-refractivity contribution in [1.82, 2.24) is 10.7 Å². The first kappa shape index (κ1) is 19.4. The molecule has 1 rings (SSSR count). The van der Waals surface area contributed by atoms with Crippen LogP contribution in [0.1, 0.15) is 19.4 Å². The van der Waals surface area contributed by atoms with Crippen LogP contribution in [0.4, 0.5) is 5.69 Å². The highest BCUT2D eigenvalue weighted by Crippen LogP contribution is 2.34. The van der Waals surface area contributed by atoms with E-state index in [0.717, 1.165) is 0 Å². The van der Waals surface area contributed by atoms with Gasteiger partial charge in [0.1, 0.15) is 5.75 Å². The fourth-order valence-electron chi connectivity index (χ4n) is 1.73. The van der Waals surface area contributed by atoms with Gasteiger partial charge in [0.05, 0.1) is 24.4 Å². The lowest BCUT2D eigenvalue weighted by Gasteiger charge is -2.11. The van der Waals surface area contributed by atoms with E-state index in [0.29, 0.717) is 36.2 Å². The minimum atomic E-state index is -0.512. The fourth-order valence-corrected chi connectivity index (χ4v) is 1.86. The molecule has 0 heterocycles. The first-order valence-corrected chi connectivity index (χ1v) is 7.70. The van der Waals surface area contributed by atoms with E-state index in [2.05, 4.69) is 22.4 Å². The van der Waals surface area contributed by atoms with E-state index >= 15 is 0 Å². The molecule has 0 aliphatic rings. The lowest BCUT2D eigenvalue weighted by Crippen LogP contribution is -2.31. The summed E-state index contributed by atoms with van der Waals surface area (Å²) < 4.78 is 10.8. The van der Waals surface area contributed by atoms with Crippen molar-refractivity contribution in [3.05, 3.63) is 40.5 Å². The third-order valence-electron chi connectivity index (χ3n) is 2.66. The average molecular weight is 352 g/mol. The molecule has 0 aliphatic heterocycles. The molecule has 0 spiro atoms. The van der Waals surface area contributed by atoms with Crippen molar-refractivity contribution >= 4 is 29.2 Å². The summed E-state index contributed by atoms with van der Waals surface area (Å²) in [5, 5.41) is 18.3. The van der Waals surface area contributed by atoms with Gasteiger partial charge in [0.2, 0.25) is 5.75 Å². The summed E-state index contributed by atoms with van der Waals surface area (Å²) in [4.78, 5) is 10.7. The summed E-state index contributed by atoms with van der Waals surface area (Å²) >= 11 is 5.00. The van der Waals surface area contributed by atoms with Gasteiger partial charge in [-0.05, 0) is 26.1 Å². The standard InChI is InChI=1S/C15H20N4O4S/c1-4-7-16-15(24)18-17-10-11-8-12(19(20)21)14(23-6-3)9-13(11)22-5-2/h4,8-10H,1,5-7H2,2-3H3,(H2,16,18,24)/b17-10+. The summed E-state index contributed by atoms with van der Waals surface area (Å²) in [5.74, 6) is 0.585. The second-order valence-corrected chi connectivity index (χ2v) is 4.76. The number of thiocarbonyl (C=S) groups is 1. The molecule has 0 aliphatic carbocycles. The van der Waals surface area contributed by atoms with Crippen LogP contribution in [0.15, 0.2) is 29.9 Å². The van der Waals surface area contributed by atoms with E-state index in [9.17, 15) is 10.1 Å². The highest BCUT2D eigenvalue weighted by molar-refractivity contribution is 7.80. The highest BCUT2D eigenvalue weighted by Gasteiger charge is 2.19. The van der Waals surface area contributed by atoms with Crippen molar-refractivity contribution < 1.29 is 14.4 Å². The summed E-state index contributed by atoms with van der Waals surface area (Å²) in [6.45, 7) is 8.34. The lowest BCUT2D eigenvalue weighted by molar-refractivity contribution is -0.385. The number of hydrogen-bond acceptors (Lipinski definition) is 6. The quantitative estimate of drug-likeness (QED) is 0.231. The number of ether oxygens (including phenoxy) is 2. The van der Waals surface area contributed by atoms with E-state index < -0.39 is 4.92 Å². The maximum atomic E-state index is 11.2. The number of benzene rings is 1. The van der Waals surface area contributed by atoms with Crippen molar-refractivity contribution in [2.75, 3.05) is 19.8 Å². The molecule has 9 heteroatoms. The van der Waals surface area contributed by atoms with Gasteiger partial charge in [0.15, 0.2) is 5.11 Å². The molecule has 130 valence electrons. The maximum absolute atomic E-state index is 11.2. The number of hydrazone groups is 1. The minimum Gasteiger partial charge on any atom is -0.493 e. The predicted molar refractivity (Wildman–Crippen MR) is 97.0 cm³/mol. The van der Waals surface area contributed by atoms with Crippen LogP contribution in [-0.2, 0) is 0 Å². The van der Waals surface area contributed by atoms with Crippen LogP contribution in [0.3, 0.4) is 0 Å². The molecule has 0 aromatic heterocycles. The Hall–Kier alpha value is -2.68. The number of nitro benzene ring substituents is 1. The Bertz CT molecular complexity index is 634. The Morgan fingerprint density at radius 1 is 1.38 bits per heavy atom. The van der Waals surface area contributed by atoms with E-state index in [1.165, 1.54) is 18.3 Å². The van der Waals surface area contributed by atoms with Crippen LogP contribution in [0.5, 0.6) is 11.5 Å². The Kier molecular flexibility index (Phi) is 8.20. The molecule has 24 heavy (non-hydrogen) atoms. The molecule has 0 radical (unpaired) electrons. The van der Waals surface area contributed by atoms with Gasteiger partial charge < -0.3 is 14.8 Å². The smallest absolute Gasteiger partial charge is 0.311 e. The molecule has 0 atom stereocenters. The molecule has 0 unspecified atom stereocenters. The van der Waals surface area contributed by atoms with Gasteiger partial charge in [-0.1, -0.05) is 6.08 Å². The SMILES string of the molecule is C=CCNC(=S)N/N=C/c1cc([N+](=O)[O-])c(OCC)cc1OCC. The molecule has 0 amide bonds. The second kappa shape index (κ2) is 10.2. The summed E-state index contributed by atoms with van der Waals surface area (Å²) in [7, 11) is 0. The van der Waals surface area contributed by atoms with Crippen molar-refractivity contribution in [2.24, 2.45) is 5.10 Å². The van der Waals surface area contributed by atoms with Crippen LogP contribution in [0.2, 0.25) is 0 Å². The van der Waals surface area contributed by atoms with E-state index in [1.807, 2.05) is 6.92 Å². The largest absolute Gasteiger partial charge is 0.493 e. The summed E-state index contributed by atoms with van der Waals surface area (Å²) in [6, 6.07) is 2.84. The van der Waals surface area contributed by atoms with Crippen LogP contribution in [0.25, 0.3) is 0 Å². The summed E-state index contributed by atoms with van der Waals surface area (Å²) in [5.41, 5.74) is 2.89. The third-order valence-corrected chi connectivity index (χ3v) is 2.90. The van der Waals surface area contributed by atoms with Gasteiger partial charge in [0.25, 0.3) is 0 Å². The maximum Gasteiger partial charge on any atom is 0.311 e. The van der Waals surface area contributed by atoms with Gasteiger partial charge in [-0.15, -0.1) is 6.58 Å². The first-order chi connectivity index (χ1) is 11.5. The molecule has 0 saturated heterocycles. The number of hydrogen-bond donors (Lipinski definition) is 2. The molecule has 0 fully saturated rings. The van der Waals surface area contributed by atoms with Crippen LogP contribution in [0, 0.1) is 10.1 Å². The van der Waals surface area contributed by atoms with Crippen molar-refractivity contribution in [3.63, 3.8) is 0 Å². The van der Waals surface area contributed by atoms with Gasteiger partial charge in [-0.2, -0.15) is 5.10 Å². The molecule has 0 saturated carbocycles. The Morgan fingerprint density at radius 2 is 2.04 bits per heavy atom. The molecule has 1 aromatic rings.